The molecule has 182 valence electrons. The Morgan fingerprint density at radius 2 is 1.76 bits per heavy atom. The van der Waals surface area contributed by atoms with Gasteiger partial charge in [-0.05, 0) is 52.7 Å². The molecule has 1 aliphatic heterocycles. The smallest absolute Gasteiger partial charge is 0.269 e. The number of benzene rings is 4. The summed E-state index contributed by atoms with van der Waals surface area (Å²) in [6.45, 7) is 0.351. The van der Waals surface area contributed by atoms with E-state index in [9.17, 15) is 9.90 Å². The topological polar surface area (TPSA) is 114 Å². The molecule has 0 aliphatic carbocycles. The number of hydrogen-bond acceptors (Lipinski definition) is 5. The van der Waals surface area contributed by atoms with Crippen molar-refractivity contribution < 1.29 is 14.6 Å². The summed E-state index contributed by atoms with van der Waals surface area (Å²) in [4.78, 5) is 20.4. The molecular weight excluding hydrogens is 466 g/mol. The number of H-pyrrole nitrogens is 1. The third-order valence-electron chi connectivity index (χ3n) is 6.31. The Bertz CT molecular complexity index is 1650. The van der Waals surface area contributed by atoms with Gasteiger partial charge in [0.15, 0.2) is 5.84 Å². The summed E-state index contributed by atoms with van der Waals surface area (Å²) in [6, 6.07) is 28.6. The standard InChI is InChI=1S/C29H23N5O3/c30-27-26(28-31-23-7-3-4-8-24(23)32-28)25(35)16-34(27)33-29(36)20-11-9-18(10-12-20)17-37-22-14-13-19-5-1-2-6-21(19)15-22/h1-15,30,35H,16-17H2,(H,31,32)(H,33,36). The fourth-order valence-corrected chi connectivity index (χ4v) is 4.36. The van der Waals surface area contributed by atoms with Crippen LogP contribution in [0.5, 0.6) is 5.75 Å². The third kappa shape index (κ3) is 4.36. The molecular formula is C29H23N5O3. The number of aliphatic hydroxyl groups is 1. The maximum Gasteiger partial charge on any atom is 0.269 e. The number of aromatic nitrogens is 2. The molecule has 2 heterocycles. The van der Waals surface area contributed by atoms with E-state index in [0.29, 0.717) is 18.0 Å². The molecule has 1 amide bonds. The molecule has 0 saturated carbocycles. The Morgan fingerprint density at radius 3 is 2.57 bits per heavy atom. The summed E-state index contributed by atoms with van der Waals surface area (Å²) >= 11 is 0. The van der Waals surface area contributed by atoms with Crippen LogP contribution in [0, 0.1) is 5.41 Å². The fourth-order valence-electron chi connectivity index (χ4n) is 4.36. The van der Waals surface area contributed by atoms with Crippen LogP contribution in [0.25, 0.3) is 27.4 Å². The van der Waals surface area contributed by atoms with Crippen molar-refractivity contribution >= 4 is 39.1 Å². The maximum absolute atomic E-state index is 12.8. The van der Waals surface area contributed by atoms with Crippen molar-refractivity contribution in [1.82, 2.24) is 20.4 Å². The molecule has 4 aromatic carbocycles. The second-order valence-electron chi connectivity index (χ2n) is 8.79. The number of fused-ring (bicyclic) bond motifs is 2. The monoisotopic (exact) mass is 489 g/mol. The Labute approximate surface area is 212 Å². The van der Waals surface area contributed by atoms with Gasteiger partial charge in [-0.3, -0.25) is 20.6 Å². The van der Waals surface area contributed by atoms with Crippen molar-refractivity contribution in [2.24, 2.45) is 0 Å². The molecule has 8 heteroatoms. The number of amidine groups is 1. The van der Waals surface area contributed by atoms with E-state index < -0.39 is 0 Å². The highest BCUT2D eigenvalue weighted by Crippen LogP contribution is 2.26. The van der Waals surface area contributed by atoms with Crippen molar-refractivity contribution in [2.45, 2.75) is 6.61 Å². The summed E-state index contributed by atoms with van der Waals surface area (Å²) < 4.78 is 5.93. The number of nitrogens with one attached hydrogen (secondary N) is 3. The van der Waals surface area contributed by atoms with E-state index in [0.717, 1.165) is 33.1 Å². The van der Waals surface area contributed by atoms with Crippen LogP contribution in [-0.4, -0.2) is 38.4 Å². The van der Waals surface area contributed by atoms with E-state index in [2.05, 4.69) is 21.5 Å². The van der Waals surface area contributed by atoms with Gasteiger partial charge in [0.1, 0.15) is 29.5 Å². The van der Waals surface area contributed by atoms with Gasteiger partial charge in [-0.25, -0.2) is 4.98 Å². The number of rotatable bonds is 6. The van der Waals surface area contributed by atoms with Crippen LogP contribution in [0.4, 0.5) is 0 Å². The molecule has 0 spiro atoms. The molecule has 0 atom stereocenters. The summed E-state index contributed by atoms with van der Waals surface area (Å²) in [5.74, 6) is 0.707. The van der Waals surface area contributed by atoms with E-state index in [1.165, 1.54) is 5.01 Å². The van der Waals surface area contributed by atoms with Crippen LogP contribution in [0.15, 0.2) is 96.8 Å². The van der Waals surface area contributed by atoms with E-state index in [1.807, 2.05) is 72.8 Å². The van der Waals surface area contributed by atoms with Gasteiger partial charge < -0.3 is 14.8 Å². The Balaban J connectivity index is 1.09. The number of para-hydroxylation sites is 2. The Kier molecular flexibility index (Phi) is 5.54. The first-order valence-electron chi connectivity index (χ1n) is 11.8. The highest BCUT2D eigenvalue weighted by atomic mass is 16.5. The molecule has 8 nitrogen and oxygen atoms in total. The Morgan fingerprint density at radius 1 is 1.00 bits per heavy atom. The van der Waals surface area contributed by atoms with E-state index in [4.69, 9.17) is 10.1 Å². The lowest BCUT2D eigenvalue weighted by atomic mass is 10.1. The van der Waals surface area contributed by atoms with Gasteiger partial charge in [-0.1, -0.05) is 54.6 Å². The molecule has 0 bridgehead atoms. The van der Waals surface area contributed by atoms with Gasteiger partial charge in [-0.15, -0.1) is 0 Å². The summed E-state index contributed by atoms with van der Waals surface area (Å²) in [5, 5.41) is 22.6. The molecule has 6 rings (SSSR count). The molecule has 1 aliphatic rings. The number of imidazole rings is 1. The fraction of sp³-hybridized carbons (Fsp3) is 0.0690. The number of aliphatic hydroxyl groups excluding tert-OH is 1. The molecule has 0 unspecified atom stereocenters. The van der Waals surface area contributed by atoms with Crippen molar-refractivity contribution in [3.8, 4) is 5.75 Å². The number of carbonyl (C=O) groups is 1. The number of amides is 1. The van der Waals surface area contributed by atoms with Crippen LogP contribution in [0.2, 0.25) is 0 Å². The highest BCUT2D eigenvalue weighted by molar-refractivity contribution is 6.23. The predicted octanol–water partition coefficient (Wildman–Crippen LogP) is 5.20. The minimum absolute atomic E-state index is 0.0192. The lowest BCUT2D eigenvalue weighted by Crippen LogP contribution is -2.43. The zero-order valence-electron chi connectivity index (χ0n) is 19.7. The van der Waals surface area contributed by atoms with Crippen molar-refractivity contribution in [1.29, 1.82) is 5.41 Å². The van der Waals surface area contributed by atoms with Crippen molar-refractivity contribution in [2.75, 3.05) is 6.54 Å². The first kappa shape index (κ1) is 22.4. The molecule has 1 aromatic heterocycles. The van der Waals surface area contributed by atoms with Crippen LogP contribution >= 0.6 is 0 Å². The number of aromatic amines is 1. The average Bonchev–Trinajstić information content (AvgIpc) is 3.46. The van der Waals surface area contributed by atoms with Crippen LogP contribution < -0.4 is 10.2 Å². The van der Waals surface area contributed by atoms with Crippen molar-refractivity contribution in [3.63, 3.8) is 0 Å². The van der Waals surface area contributed by atoms with Crippen LogP contribution in [-0.2, 0) is 6.61 Å². The molecule has 0 fully saturated rings. The summed E-state index contributed by atoms with van der Waals surface area (Å²) in [6.07, 6.45) is 0. The highest BCUT2D eigenvalue weighted by Gasteiger charge is 2.31. The summed E-state index contributed by atoms with van der Waals surface area (Å²) in [5.41, 5.74) is 5.85. The summed E-state index contributed by atoms with van der Waals surface area (Å²) in [7, 11) is 0. The minimum atomic E-state index is -0.384. The zero-order chi connectivity index (χ0) is 25.4. The van der Waals surface area contributed by atoms with Gasteiger partial charge >= 0.3 is 0 Å². The lowest BCUT2D eigenvalue weighted by Gasteiger charge is -2.19. The van der Waals surface area contributed by atoms with Gasteiger partial charge in [-0.2, -0.15) is 0 Å². The Hall–Kier alpha value is -5.11. The SMILES string of the molecule is N=C1C(c2nc3ccccc3[nH]2)=C(O)CN1NC(=O)c1ccc(COc2ccc3ccccc3c2)cc1. The van der Waals surface area contributed by atoms with Crippen molar-refractivity contribution in [3.05, 3.63) is 114 Å². The van der Waals surface area contributed by atoms with Crippen LogP contribution in [0.1, 0.15) is 21.7 Å². The van der Waals surface area contributed by atoms with E-state index in [1.54, 1.807) is 12.1 Å². The largest absolute Gasteiger partial charge is 0.509 e. The third-order valence-corrected chi connectivity index (χ3v) is 6.31. The lowest BCUT2D eigenvalue weighted by molar-refractivity contribution is 0.0874. The van der Waals surface area contributed by atoms with Gasteiger partial charge in [0.25, 0.3) is 5.91 Å². The minimum Gasteiger partial charge on any atom is -0.509 e. The number of carbonyl (C=O) groups excluding carboxylic acids is 1. The first-order valence-corrected chi connectivity index (χ1v) is 11.8. The quantitative estimate of drug-likeness (QED) is 0.262. The molecule has 4 N–H and O–H groups in total. The van der Waals surface area contributed by atoms with Gasteiger partial charge in [0.05, 0.1) is 17.6 Å². The maximum atomic E-state index is 12.8. The second kappa shape index (κ2) is 9.16. The average molecular weight is 490 g/mol. The number of nitrogens with zero attached hydrogens (tertiary/aromatic N) is 2. The predicted molar refractivity (Wildman–Crippen MR) is 142 cm³/mol. The van der Waals surface area contributed by atoms with Gasteiger partial charge in [0, 0.05) is 5.56 Å². The van der Waals surface area contributed by atoms with E-state index in [-0.39, 0.29) is 29.6 Å². The van der Waals surface area contributed by atoms with Crippen LogP contribution in [0.3, 0.4) is 0 Å². The molecule has 0 radical (unpaired) electrons. The van der Waals surface area contributed by atoms with Gasteiger partial charge in [0.2, 0.25) is 0 Å². The number of hydrogen-bond donors (Lipinski definition) is 4. The number of ether oxygens (including phenoxy) is 1. The number of hydrazine groups is 1. The molecule has 37 heavy (non-hydrogen) atoms. The molecule has 5 aromatic rings. The molecule has 0 saturated heterocycles. The second-order valence-corrected chi connectivity index (χ2v) is 8.79. The zero-order valence-corrected chi connectivity index (χ0v) is 19.7. The van der Waals surface area contributed by atoms with E-state index >= 15 is 0 Å². The first-order chi connectivity index (χ1) is 18.0. The normalized spacial score (nSPS) is 13.5.